The van der Waals surface area contributed by atoms with Gasteiger partial charge < -0.3 is 15.2 Å². The minimum Gasteiger partial charge on any atom is -0.385 e. The van der Waals surface area contributed by atoms with Gasteiger partial charge in [-0.2, -0.15) is 0 Å². The molecule has 1 rings (SSSR count). The summed E-state index contributed by atoms with van der Waals surface area (Å²) in [6.07, 6.45) is 7.38. The largest absolute Gasteiger partial charge is 0.385 e. The van der Waals surface area contributed by atoms with E-state index in [1.807, 2.05) is 0 Å². The minimum atomic E-state index is 0.377. The predicted octanol–water partition coefficient (Wildman–Crippen LogP) is 2.58. The van der Waals surface area contributed by atoms with Crippen molar-refractivity contribution in [3.8, 4) is 0 Å². The molecule has 0 amide bonds. The molecule has 102 valence electrons. The Morgan fingerprint density at radius 1 is 1.29 bits per heavy atom. The molecule has 1 fully saturated rings. The molecule has 0 aromatic carbocycles. The molecule has 17 heavy (non-hydrogen) atoms. The summed E-state index contributed by atoms with van der Waals surface area (Å²) in [7, 11) is 1.73. The Balaban J connectivity index is 2.15. The van der Waals surface area contributed by atoms with Crippen molar-refractivity contribution in [2.45, 2.75) is 45.4 Å². The third-order valence-corrected chi connectivity index (χ3v) is 4.23. The Morgan fingerprint density at radius 3 is 2.71 bits per heavy atom. The molecule has 0 radical (unpaired) electrons. The van der Waals surface area contributed by atoms with Crippen molar-refractivity contribution < 1.29 is 9.47 Å². The topological polar surface area (TPSA) is 44.5 Å². The Kier molecular flexibility index (Phi) is 7.09. The van der Waals surface area contributed by atoms with Gasteiger partial charge >= 0.3 is 0 Å². The number of ether oxygens (including phenoxy) is 2. The molecule has 3 nitrogen and oxygen atoms in total. The zero-order chi connectivity index (χ0) is 12.6. The van der Waals surface area contributed by atoms with Gasteiger partial charge in [0.2, 0.25) is 0 Å². The summed E-state index contributed by atoms with van der Waals surface area (Å²) >= 11 is 0. The molecular formula is C14H29NO2. The summed E-state index contributed by atoms with van der Waals surface area (Å²) in [5.74, 6) is 0.895. The summed E-state index contributed by atoms with van der Waals surface area (Å²) in [6, 6.07) is 0. The van der Waals surface area contributed by atoms with Crippen LogP contribution in [0.5, 0.6) is 0 Å². The third-order valence-electron chi connectivity index (χ3n) is 4.23. The second kappa shape index (κ2) is 8.06. The Morgan fingerprint density at radius 2 is 2.12 bits per heavy atom. The SMILES string of the molecule is CCC1CCC(CN)(CCOCCCOC)C1. The van der Waals surface area contributed by atoms with Gasteiger partial charge in [0.25, 0.3) is 0 Å². The highest BCUT2D eigenvalue weighted by Crippen LogP contribution is 2.44. The fraction of sp³-hybridized carbons (Fsp3) is 1.00. The lowest BCUT2D eigenvalue weighted by Crippen LogP contribution is -2.29. The van der Waals surface area contributed by atoms with Gasteiger partial charge in [0.1, 0.15) is 0 Å². The molecule has 0 bridgehead atoms. The van der Waals surface area contributed by atoms with Crippen molar-refractivity contribution >= 4 is 0 Å². The van der Waals surface area contributed by atoms with Crippen LogP contribution in [0.3, 0.4) is 0 Å². The van der Waals surface area contributed by atoms with E-state index in [-0.39, 0.29) is 0 Å². The van der Waals surface area contributed by atoms with Crippen molar-refractivity contribution in [3.05, 3.63) is 0 Å². The van der Waals surface area contributed by atoms with Crippen LogP contribution in [0.4, 0.5) is 0 Å². The van der Waals surface area contributed by atoms with Crippen LogP contribution in [-0.4, -0.2) is 33.5 Å². The first-order valence-electron chi connectivity index (χ1n) is 7.03. The molecule has 0 aromatic heterocycles. The third kappa shape index (κ3) is 4.94. The van der Waals surface area contributed by atoms with Crippen LogP contribution in [0.2, 0.25) is 0 Å². The normalized spacial score (nSPS) is 28.8. The monoisotopic (exact) mass is 243 g/mol. The number of hydrogen-bond donors (Lipinski definition) is 1. The van der Waals surface area contributed by atoms with Crippen LogP contribution in [0.25, 0.3) is 0 Å². The van der Waals surface area contributed by atoms with Crippen LogP contribution in [0.15, 0.2) is 0 Å². The lowest BCUT2D eigenvalue weighted by atomic mass is 9.82. The highest BCUT2D eigenvalue weighted by atomic mass is 16.5. The smallest absolute Gasteiger partial charge is 0.0487 e. The van der Waals surface area contributed by atoms with E-state index < -0.39 is 0 Å². The highest BCUT2D eigenvalue weighted by Gasteiger charge is 2.36. The standard InChI is InChI=1S/C14H29NO2/c1-3-13-5-6-14(11-13,12-15)7-10-17-9-4-8-16-2/h13H,3-12,15H2,1-2H3. The Bertz CT molecular complexity index is 199. The van der Waals surface area contributed by atoms with Crippen molar-refractivity contribution in [1.29, 1.82) is 0 Å². The maximum atomic E-state index is 5.97. The Hall–Kier alpha value is -0.120. The first-order valence-corrected chi connectivity index (χ1v) is 7.03. The molecule has 2 atom stereocenters. The molecule has 3 heteroatoms. The van der Waals surface area contributed by atoms with Crippen LogP contribution in [0.1, 0.15) is 45.4 Å². The van der Waals surface area contributed by atoms with Gasteiger partial charge in [0.05, 0.1) is 0 Å². The van der Waals surface area contributed by atoms with Gasteiger partial charge in [-0.3, -0.25) is 0 Å². The minimum absolute atomic E-state index is 0.377. The van der Waals surface area contributed by atoms with E-state index in [4.69, 9.17) is 15.2 Å². The summed E-state index contributed by atoms with van der Waals surface area (Å²) < 4.78 is 10.6. The summed E-state index contributed by atoms with van der Waals surface area (Å²) in [5.41, 5.74) is 6.35. The van der Waals surface area contributed by atoms with Crippen LogP contribution < -0.4 is 5.73 Å². The Labute approximate surface area is 106 Å². The zero-order valence-corrected chi connectivity index (χ0v) is 11.5. The fourth-order valence-corrected chi connectivity index (χ4v) is 2.89. The van der Waals surface area contributed by atoms with Crippen molar-refractivity contribution in [1.82, 2.24) is 0 Å². The van der Waals surface area contributed by atoms with E-state index in [1.54, 1.807) is 7.11 Å². The van der Waals surface area contributed by atoms with E-state index in [0.717, 1.165) is 45.1 Å². The van der Waals surface area contributed by atoms with E-state index in [1.165, 1.54) is 25.7 Å². The molecule has 0 spiro atoms. The van der Waals surface area contributed by atoms with Crippen LogP contribution in [0, 0.1) is 11.3 Å². The quantitative estimate of drug-likeness (QED) is 0.633. The summed E-state index contributed by atoms with van der Waals surface area (Å²) in [5, 5.41) is 0. The maximum absolute atomic E-state index is 5.97. The molecule has 0 aromatic rings. The highest BCUT2D eigenvalue weighted by molar-refractivity contribution is 4.89. The van der Waals surface area contributed by atoms with Crippen molar-refractivity contribution in [3.63, 3.8) is 0 Å². The molecule has 1 aliphatic carbocycles. The van der Waals surface area contributed by atoms with Gasteiger partial charge in [-0.25, -0.2) is 0 Å². The molecule has 1 aliphatic rings. The number of rotatable bonds is 9. The van der Waals surface area contributed by atoms with E-state index >= 15 is 0 Å². The van der Waals surface area contributed by atoms with E-state index in [2.05, 4.69) is 6.92 Å². The molecule has 2 unspecified atom stereocenters. The van der Waals surface area contributed by atoms with E-state index in [9.17, 15) is 0 Å². The molecule has 0 aliphatic heterocycles. The first kappa shape index (κ1) is 14.9. The number of nitrogens with two attached hydrogens (primary N) is 1. The van der Waals surface area contributed by atoms with E-state index in [0.29, 0.717) is 5.41 Å². The van der Waals surface area contributed by atoms with Crippen LogP contribution >= 0.6 is 0 Å². The molecule has 0 saturated heterocycles. The summed E-state index contributed by atoms with van der Waals surface area (Å²) in [6.45, 7) is 5.58. The fourth-order valence-electron chi connectivity index (χ4n) is 2.89. The average Bonchev–Trinajstić information content (AvgIpc) is 2.78. The van der Waals surface area contributed by atoms with Gasteiger partial charge in [-0.05, 0) is 50.0 Å². The van der Waals surface area contributed by atoms with Crippen molar-refractivity contribution in [2.75, 3.05) is 33.5 Å². The molecular weight excluding hydrogens is 214 g/mol. The number of methoxy groups -OCH3 is 1. The van der Waals surface area contributed by atoms with Gasteiger partial charge in [0, 0.05) is 26.9 Å². The number of hydrogen-bond acceptors (Lipinski definition) is 3. The molecule has 2 N–H and O–H groups in total. The predicted molar refractivity (Wildman–Crippen MR) is 71.0 cm³/mol. The summed E-state index contributed by atoms with van der Waals surface area (Å²) in [4.78, 5) is 0. The zero-order valence-electron chi connectivity index (χ0n) is 11.5. The lowest BCUT2D eigenvalue weighted by molar-refractivity contribution is 0.0775. The van der Waals surface area contributed by atoms with Crippen LogP contribution in [-0.2, 0) is 9.47 Å². The molecule has 0 heterocycles. The maximum Gasteiger partial charge on any atom is 0.0487 e. The second-order valence-electron chi connectivity index (χ2n) is 5.43. The molecule has 1 saturated carbocycles. The van der Waals surface area contributed by atoms with Gasteiger partial charge in [0.15, 0.2) is 0 Å². The van der Waals surface area contributed by atoms with Gasteiger partial charge in [-0.15, -0.1) is 0 Å². The second-order valence-corrected chi connectivity index (χ2v) is 5.43. The first-order chi connectivity index (χ1) is 8.26. The average molecular weight is 243 g/mol. The van der Waals surface area contributed by atoms with Crippen molar-refractivity contribution in [2.24, 2.45) is 17.1 Å². The lowest BCUT2D eigenvalue weighted by Gasteiger charge is -2.27. The van der Waals surface area contributed by atoms with Gasteiger partial charge in [-0.1, -0.05) is 13.3 Å².